The molecule has 0 bridgehead atoms. The summed E-state index contributed by atoms with van der Waals surface area (Å²) in [5.41, 5.74) is 2.96. The number of amides is 1. The van der Waals surface area contributed by atoms with Crippen LogP contribution in [0.4, 0.5) is 0 Å². The number of carbonyl (C=O) groups is 2. The minimum atomic E-state index is -1.10. The third kappa shape index (κ3) is 3.84. The van der Waals surface area contributed by atoms with E-state index in [1.807, 2.05) is 0 Å². The standard InChI is InChI=1S/C18H13ClN2O5/c1-10-2-6-16(25-10)17(22)21-20-9-12-4-7-15(26-12)11-3-5-13(18(23)24)14(19)8-11/h2-9H,1H3,(H,21,22)(H,23,24)/b20-9+. The van der Waals surface area contributed by atoms with Crippen molar-refractivity contribution in [2.24, 2.45) is 5.10 Å². The maximum Gasteiger partial charge on any atom is 0.337 e. The summed E-state index contributed by atoms with van der Waals surface area (Å²) in [6.45, 7) is 1.74. The van der Waals surface area contributed by atoms with Crippen LogP contribution >= 0.6 is 11.6 Å². The van der Waals surface area contributed by atoms with Gasteiger partial charge in [0.2, 0.25) is 0 Å². The average Bonchev–Trinajstić information content (AvgIpc) is 3.23. The molecule has 0 saturated carbocycles. The molecule has 1 aromatic carbocycles. The van der Waals surface area contributed by atoms with Crippen LogP contribution in [-0.2, 0) is 0 Å². The third-order valence-electron chi connectivity index (χ3n) is 3.43. The van der Waals surface area contributed by atoms with Gasteiger partial charge in [-0.3, -0.25) is 4.79 Å². The molecule has 3 rings (SSSR count). The Labute approximate surface area is 152 Å². The molecule has 0 saturated heterocycles. The molecule has 2 aromatic heterocycles. The minimum absolute atomic E-state index is 0.0136. The largest absolute Gasteiger partial charge is 0.478 e. The second kappa shape index (κ2) is 7.28. The van der Waals surface area contributed by atoms with Gasteiger partial charge in [-0.15, -0.1) is 0 Å². The fourth-order valence-electron chi connectivity index (χ4n) is 2.19. The van der Waals surface area contributed by atoms with Crippen LogP contribution < -0.4 is 5.43 Å². The molecule has 0 aliphatic carbocycles. The Balaban J connectivity index is 1.69. The predicted molar refractivity (Wildman–Crippen MR) is 94.6 cm³/mol. The maximum absolute atomic E-state index is 11.8. The summed E-state index contributed by atoms with van der Waals surface area (Å²) < 4.78 is 10.8. The molecule has 0 spiro atoms. The quantitative estimate of drug-likeness (QED) is 0.521. The summed E-state index contributed by atoms with van der Waals surface area (Å²) in [5.74, 6) is 0.0939. The highest BCUT2D eigenvalue weighted by Gasteiger charge is 2.12. The molecule has 0 unspecified atom stereocenters. The van der Waals surface area contributed by atoms with Gasteiger partial charge in [0, 0.05) is 5.56 Å². The van der Waals surface area contributed by atoms with Crippen molar-refractivity contribution < 1.29 is 23.5 Å². The van der Waals surface area contributed by atoms with Crippen LogP contribution in [-0.4, -0.2) is 23.2 Å². The fraction of sp³-hybridized carbons (Fsp3) is 0.0556. The van der Waals surface area contributed by atoms with E-state index in [1.165, 1.54) is 18.3 Å². The SMILES string of the molecule is Cc1ccc(C(=O)N/N=C/c2ccc(-c3ccc(C(=O)O)c(Cl)c3)o2)o1. The van der Waals surface area contributed by atoms with Crippen molar-refractivity contribution >= 4 is 29.7 Å². The smallest absolute Gasteiger partial charge is 0.337 e. The number of carboxylic acids is 1. The number of carboxylic acid groups (broad SMARTS) is 1. The molecule has 7 nitrogen and oxygen atoms in total. The van der Waals surface area contributed by atoms with Gasteiger partial charge in [0.1, 0.15) is 17.3 Å². The number of furan rings is 2. The van der Waals surface area contributed by atoms with Crippen LogP contribution in [0.25, 0.3) is 11.3 Å². The number of hydrogen-bond donors (Lipinski definition) is 2. The number of nitrogens with zero attached hydrogens (tertiary/aromatic N) is 1. The van der Waals surface area contributed by atoms with Gasteiger partial charge in [-0.25, -0.2) is 10.2 Å². The van der Waals surface area contributed by atoms with Crippen molar-refractivity contribution in [1.82, 2.24) is 5.43 Å². The summed E-state index contributed by atoms with van der Waals surface area (Å²) in [6, 6.07) is 11.1. The summed E-state index contributed by atoms with van der Waals surface area (Å²) in [7, 11) is 0. The first-order chi connectivity index (χ1) is 12.4. The molecule has 2 heterocycles. The molecular weight excluding hydrogens is 360 g/mol. The van der Waals surface area contributed by atoms with Gasteiger partial charge in [0.05, 0.1) is 16.8 Å². The highest BCUT2D eigenvalue weighted by molar-refractivity contribution is 6.33. The number of rotatable bonds is 5. The van der Waals surface area contributed by atoms with Gasteiger partial charge < -0.3 is 13.9 Å². The van der Waals surface area contributed by atoms with Crippen LogP contribution in [0.15, 0.2) is 56.4 Å². The van der Waals surface area contributed by atoms with Gasteiger partial charge in [-0.1, -0.05) is 17.7 Å². The molecule has 26 heavy (non-hydrogen) atoms. The van der Waals surface area contributed by atoms with Crippen LogP contribution in [0.2, 0.25) is 5.02 Å². The number of aromatic carboxylic acids is 1. The predicted octanol–water partition coefficient (Wildman–Crippen LogP) is 3.96. The molecular formula is C18H13ClN2O5. The zero-order chi connectivity index (χ0) is 18.7. The highest BCUT2D eigenvalue weighted by atomic mass is 35.5. The Morgan fingerprint density at radius 1 is 1.15 bits per heavy atom. The molecule has 0 aliphatic rings. The van der Waals surface area contributed by atoms with Crippen LogP contribution in [0.5, 0.6) is 0 Å². The summed E-state index contributed by atoms with van der Waals surface area (Å²) >= 11 is 5.95. The second-order valence-corrected chi connectivity index (χ2v) is 5.72. The van der Waals surface area contributed by atoms with E-state index < -0.39 is 11.9 Å². The van der Waals surface area contributed by atoms with Crippen molar-refractivity contribution in [3.63, 3.8) is 0 Å². The van der Waals surface area contributed by atoms with Crippen LogP contribution in [0.3, 0.4) is 0 Å². The van der Waals surface area contributed by atoms with E-state index in [0.717, 1.165) is 0 Å². The van der Waals surface area contributed by atoms with Crippen molar-refractivity contribution in [3.8, 4) is 11.3 Å². The van der Waals surface area contributed by atoms with Gasteiger partial charge in [-0.05, 0) is 43.3 Å². The van der Waals surface area contributed by atoms with Gasteiger partial charge in [0.25, 0.3) is 0 Å². The Bertz CT molecular complexity index is 1000. The van der Waals surface area contributed by atoms with Crippen molar-refractivity contribution in [3.05, 3.63) is 70.3 Å². The second-order valence-electron chi connectivity index (χ2n) is 5.31. The summed E-state index contributed by atoms with van der Waals surface area (Å²) in [5, 5.41) is 12.9. The Kier molecular flexibility index (Phi) is 4.90. The fourth-order valence-corrected chi connectivity index (χ4v) is 2.45. The van der Waals surface area contributed by atoms with E-state index in [1.54, 1.807) is 37.3 Å². The lowest BCUT2D eigenvalue weighted by atomic mass is 10.1. The first-order valence-corrected chi connectivity index (χ1v) is 7.85. The highest BCUT2D eigenvalue weighted by Crippen LogP contribution is 2.27. The average molecular weight is 373 g/mol. The van der Waals surface area contributed by atoms with Crippen LogP contribution in [0.1, 0.15) is 32.4 Å². The van der Waals surface area contributed by atoms with E-state index >= 15 is 0 Å². The zero-order valence-corrected chi connectivity index (χ0v) is 14.3. The van der Waals surface area contributed by atoms with Gasteiger partial charge in [-0.2, -0.15) is 5.10 Å². The summed E-state index contributed by atoms with van der Waals surface area (Å²) in [6.07, 6.45) is 1.34. The third-order valence-corrected chi connectivity index (χ3v) is 3.75. The van der Waals surface area contributed by atoms with E-state index in [2.05, 4.69) is 10.5 Å². The molecule has 132 valence electrons. The zero-order valence-electron chi connectivity index (χ0n) is 13.5. The van der Waals surface area contributed by atoms with E-state index in [9.17, 15) is 9.59 Å². The van der Waals surface area contributed by atoms with Gasteiger partial charge in [0.15, 0.2) is 5.76 Å². The molecule has 8 heteroatoms. The Morgan fingerprint density at radius 3 is 2.62 bits per heavy atom. The molecule has 0 atom stereocenters. The van der Waals surface area contributed by atoms with E-state index in [-0.39, 0.29) is 16.3 Å². The van der Waals surface area contributed by atoms with Gasteiger partial charge >= 0.3 is 11.9 Å². The first-order valence-electron chi connectivity index (χ1n) is 7.47. The molecule has 0 fully saturated rings. The molecule has 0 aliphatic heterocycles. The van der Waals surface area contributed by atoms with Crippen molar-refractivity contribution in [2.75, 3.05) is 0 Å². The van der Waals surface area contributed by atoms with Crippen molar-refractivity contribution in [1.29, 1.82) is 0 Å². The lowest BCUT2D eigenvalue weighted by molar-refractivity contribution is 0.0696. The Hall–Kier alpha value is -3.32. The molecule has 0 radical (unpaired) electrons. The number of hydrazone groups is 1. The molecule has 1 amide bonds. The number of nitrogens with one attached hydrogen (secondary N) is 1. The number of carbonyl (C=O) groups excluding carboxylic acids is 1. The van der Waals surface area contributed by atoms with Crippen molar-refractivity contribution in [2.45, 2.75) is 6.92 Å². The Morgan fingerprint density at radius 2 is 1.96 bits per heavy atom. The van der Waals surface area contributed by atoms with Crippen LogP contribution in [0, 0.1) is 6.92 Å². The number of benzene rings is 1. The lowest BCUT2D eigenvalue weighted by Gasteiger charge is -2.01. The monoisotopic (exact) mass is 372 g/mol. The lowest BCUT2D eigenvalue weighted by Crippen LogP contribution is -2.16. The van der Waals surface area contributed by atoms with E-state index in [4.69, 9.17) is 25.5 Å². The molecule has 3 aromatic rings. The summed E-state index contributed by atoms with van der Waals surface area (Å²) in [4.78, 5) is 22.8. The topological polar surface area (TPSA) is 105 Å². The molecule has 2 N–H and O–H groups in total. The first kappa shape index (κ1) is 17.5. The minimum Gasteiger partial charge on any atom is -0.478 e. The normalized spacial score (nSPS) is 11.0. The number of aryl methyl sites for hydroxylation is 1. The number of hydrogen-bond acceptors (Lipinski definition) is 5. The number of halogens is 1. The maximum atomic E-state index is 11.8. The van der Waals surface area contributed by atoms with E-state index in [0.29, 0.717) is 22.8 Å².